The molecular formula is C19H11F3I3S+. The number of hydrogen-bond acceptors (Lipinski definition) is 0. The fourth-order valence-corrected chi connectivity index (χ4v) is 9.43. The molecule has 3 aromatic carbocycles. The summed E-state index contributed by atoms with van der Waals surface area (Å²) in [7, 11) is -0.467. The van der Waals surface area contributed by atoms with E-state index >= 15 is 0 Å². The minimum Gasteiger partial charge on any atom is -0.166 e. The summed E-state index contributed by atoms with van der Waals surface area (Å²) in [6.45, 7) is 0. The summed E-state index contributed by atoms with van der Waals surface area (Å²) >= 11 is 6.92. The number of benzene rings is 3. The second-order valence-corrected chi connectivity index (χ2v) is 10.9. The van der Waals surface area contributed by atoms with Gasteiger partial charge in [0.05, 0.1) is 12.7 Å². The van der Waals surface area contributed by atoms with E-state index in [2.05, 4.69) is 79.9 Å². The van der Waals surface area contributed by atoms with Crippen molar-refractivity contribution in [3.8, 4) is 0 Å². The maximum absolute atomic E-state index is 12.9. The number of halogens is 6. The predicted molar refractivity (Wildman–Crippen MR) is 125 cm³/mol. The Labute approximate surface area is 193 Å². The van der Waals surface area contributed by atoms with Gasteiger partial charge in [-0.3, -0.25) is 0 Å². The molecule has 0 N–H and O–H groups in total. The molecule has 0 aliphatic carbocycles. The molecule has 0 fully saturated rings. The van der Waals surface area contributed by atoms with Gasteiger partial charge in [0.25, 0.3) is 0 Å². The highest BCUT2D eigenvalue weighted by Crippen LogP contribution is 2.38. The summed E-state index contributed by atoms with van der Waals surface area (Å²) < 4.78 is 42.2. The Balaban J connectivity index is 2.18. The van der Waals surface area contributed by atoms with Crippen LogP contribution in [0.5, 0.6) is 0 Å². The molecule has 0 heterocycles. The zero-order valence-corrected chi connectivity index (χ0v) is 20.3. The highest BCUT2D eigenvalue weighted by atomic mass is 127. The van der Waals surface area contributed by atoms with Gasteiger partial charge in [-0.25, -0.2) is 0 Å². The van der Waals surface area contributed by atoms with Crippen LogP contribution in [0.2, 0.25) is 0 Å². The van der Waals surface area contributed by atoms with E-state index in [0.29, 0.717) is 0 Å². The van der Waals surface area contributed by atoms with E-state index in [1.807, 2.05) is 30.3 Å². The first-order valence-electron chi connectivity index (χ1n) is 7.38. The summed E-state index contributed by atoms with van der Waals surface area (Å²) in [5.41, 5.74) is -0.620. The van der Waals surface area contributed by atoms with Gasteiger partial charge in [0.2, 0.25) is 0 Å². The lowest BCUT2D eigenvalue weighted by molar-refractivity contribution is -0.137. The maximum atomic E-state index is 12.9. The first-order chi connectivity index (χ1) is 12.3. The number of hydrogen-bond donors (Lipinski definition) is 0. The molecule has 1 unspecified atom stereocenters. The Morgan fingerprint density at radius 1 is 0.692 bits per heavy atom. The first-order valence-corrected chi connectivity index (χ1v) is 11.8. The third kappa shape index (κ3) is 4.69. The average Bonchev–Trinajstić information content (AvgIpc) is 2.58. The van der Waals surface area contributed by atoms with Gasteiger partial charge in [0, 0.05) is 3.57 Å². The Kier molecular flexibility index (Phi) is 6.82. The molecule has 0 aromatic heterocycles. The molecule has 3 aromatic rings. The molecule has 0 saturated carbocycles. The molecule has 3 rings (SSSR count). The van der Waals surface area contributed by atoms with Crippen molar-refractivity contribution in [2.24, 2.45) is 0 Å². The van der Waals surface area contributed by atoms with E-state index in [4.69, 9.17) is 0 Å². The Hall–Kier alpha value is -0.0100. The van der Waals surface area contributed by atoms with Gasteiger partial charge in [0.15, 0.2) is 14.7 Å². The monoisotopic (exact) mass is 709 g/mol. The van der Waals surface area contributed by atoms with Crippen molar-refractivity contribution in [2.75, 3.05) is 0 Å². The second-order valence-electron chi connectivity index (χ2n) is 5.34. The SMILES string of the molecule is FC(F)(F)c1ccc([S+](c2ccccc2)c2c(I)cc(I)cc2I)cc1. The molecule has 26 heavy (non-hydrogen) atoms. The summed E-state index contributed by atoms with van der Waals surface area (Å²) in [6, 6.07) is 19.7. The third-order valence-electron chi connectivity index (χ3n) is 3.56. The van der Waals surface area contributed by atoms with Crippen LogP contribution < -0.4 is 0 Å². The molecule has 0 radical (unpaired) electrons. The van der Waals surface area contributed by atoms with Crippen LogP contribution in [0.25, 0.3) is 0 Å². The van der Waals surface area contributed by atoms with Crippen LogP contribution in [0.15, 0.2) is 81.4 Å². The van der Waals surface area contributed by atoms with Gasteiger partial charge < -0.3 is 0 Å². The number of alkyl halides is 3. The van der Waals surface area contributed by atoms with Crippen molar-refractivity contribution in [2.45, 2.75) is 20.9 Å². The molecule has 0 spiro atoms. The predicted octanol–water partition coefficient (Wildman–Crippen LogP) is 7.61. The zero-order chi connectivity index (χ0) is 18.9. The molecule has 1 atom stereocenters. The van der Waals surface area contributed by atoms with E-state index in [-0.39, 0.29) is 0 Å². The fourth-order valence-electron chi connectivity index (χ4n) is 2.43. The van der Waals surface area contributed by atoms with Gasteiger partial charge in [-0.2, -0.15) is 13.2 Å². The van der Waals surface area contributed by atoms with Crippen LogP contribution >= 0.6 is 67.8 Å². The first kappa shape index (κ1) is 20.7. The summed E-state index contributed by atoms with van der Waals surface area (Å²) in [6.07, 6.45) is -4.32. The van der Waals surface area contributed by atoms with Crippen molar-refractivity contribution in [3.63, 3.8) is 0 Å². The molecule has 7 heteroatoms. The molecule has 0 bridgehead atoms. The van der Waals surface area contributed by atoms with Crippen LogP contribution in [0.4, 0.5) is 13.2 Å². The van der Waals surface area contributed by atoms with Crippen molar-refractivity contribution < 1.29 is 13.2 Å². The van der Waals surface area contributed by atoms with Crippen LogP contribution in [-0.2, 0) is 17.1 Å². The molecule has 0 amide bonds. The van der Waals surface area contributed by atoms with Crippen molar-refractivity contribution in [1.82, 2.24) is 0 Å². The topological polar surface area (TPSA) is 0 Å². The largest absolute Gasteiger partial charge is 0.416 e. The molecule has 0 nitrogen and oxygen atoms in total. The van der Waals surface area contributed by atoms with Crippen molar-refractivity contribution in [1.29, 1.82) is 0 Å². The van der Waals surface area contributed by atoms with Crippen LogP contribution in [0, 0.1) is 10.7 Å². The maximum Gasteiger partial charge on any atom is 0.416 e. The highest BCUT2D eigenvalue weighted by Gasteiger charge is 2.35. The fraction of sp³-hybridized carbons (Fsp3) is 0.0526. The molecule has 134 valence electrons. The van der Waals surface area contributed by atoms with Gasteiger partial charge in [-0.05, 0) is 116 Å². The van der Waals surface area contributed by atoms with E-state index in [1.54, 1.807) is 12.1 Å². The van der Waals surface area contributed by atoms with Gasteiger partial charge in [-0.1, -0.05) is 18.2 Å². The van der Waals surface area contributed by atoms with Crippen molar-refractivity contribution >= 4 is 78.7 Å². The lowest BCUT2D eigenvalue weighted by atomic mass is 10.2. The van der Waals surface area contributed by atoms with Crippen LogP contribution in [0.3, 0.4) is 0 Å². The molecular weight excluding hydrogens is 698 g/mol. The standard InChI is InChI=1S/C19H11F3I3S/c20-19(21,22)12-6-8-15(9-7-12)26(14-4-2-1-3-5-14)18-16(24)10-13(23)11-17(18)25/h1-11H/q+1. The molecule has 0 saturated heterocycles. The molecule has 0 aliphatic rings. The van der Waals surface area contributed by atoms with E-state index in [9.17, 15) is 13.2 Å². The third-order valence-corrected chi connectivity index (χ3v) is 8.96. The van der Waals surface area contributed by atoms with E-state index in [0.717, 1.165) is 25.4 Å². The zero-order valence-electron chi connectivity index (χ0n) is 13.0. The average molecular weight is 709 g/mol. The van der Waals surface area contributed by atoms with Gasteiger partial charge in [-0.15, -0.1) is 0 Å². The lowest BCUT2D eigenvalue weighted by Crippen LogP contribution is -2.10. The van der Waals surface area contributed by atoms with Crippen molar-refractivity contribution in [3.05, 3.63) is 83.0 Å². The van der Waals surface area contributed by atoms with E-state index in [1.165, 1.54) is 12.1 Å². The number of rotatable bonds is 3. The Morgan fingerprint density at radius 2 is 1.19 bits per heavy atom. The lowest BCUT2D eigenvalue weighted by Gasteiger charge is -2.13. The second kappa shape index (κ2) is 8.56. The minimum atomic E-state index is -4.32. The molecule has 0 aliphatic heterocycles. The highest BCUT2D eigenvalue weighted by molar-refractivity contribution is 14.1. The normalized spacial score (nSPS) is 12.8. The van der Waals surface area contributed by atoms with Gasteiger partial charge in [0.1, 0.15) is 10.9 Å². The minimum absolute atomic E-state index is 0.467. The summed E-state index contributed by atoms with van der Waals surface area (Å²) in [5, 5.41) is 0. The smallest absolute Gasteiger partial charge is 0.166 e. The quantitative estimate of drug-likeness (QED) is 0.194. The van der Waals surface area contributed by atoms with Crippen LogP contribution in [-0.4, -0.2) is 0 Å². The van der Waals surface area contributed by atoms with Crippen LogP contribution in [0.1, 0.15) is 5.56 Å². The summed E-state index contributed by atoms with van der Waals surface area (Å²) in [4.78, 5) is 3.11. The Morgan fingerprint density at radius 3 is 1.69 bits per heavy atom. The Bertz CT molecular complexity index is 887. The summed E-state index contributed by atoms with van der Waals surface area (Å²) in [5.74, 6) is 0. The van der Waals surface area contributed by atoms with Gasteiger partial charge >= 0.3 is 6.18 Å². The van der Waals surface area contributed by atoms with E-state index < -0.39 is 22.6 Å².